The number of anilines is 2. The van der Waals surface area contributed by atoms with Crippen molar-refractivity contribution in [2.75, 3.05) is 29.4 Å². The van der Waals surface area contributed by atoms with Gasteiger partial charge in [-0.3, -0.25) is 4.79 Å². The van der Waals surface area contributed by atoms with Crippen LogP contribution in [0.4, 0.5) is 11.6 Å². The van der Waals surface area contributed by atoms with E-state index in [0.29, 0.717) is 17.6 Å². The molecule has 0 spiro atoms. The van der Waals surface area contributed by atoms with Crippen LogP contribution in [0.25, 0.3) is 10.3 Å². The fourth-order valence-corrected chi connectivity index (χ4v) is 5.64. The van der Waals surface area contributed by atoms with Gasteiger partial charge in [0.1, 0.15) is 22.0 Å². The zero-order chi connectivity index (χ0) is 20.1. The molecule has 2 atom stereocenters. The first-order valence-corrected chi connectivity index (χ1v) is 10.6. The molecule has 0 aromatic carbocycles. The number of hydrogen-bond acceptors (Lipinski definition) is 8. The van der Waals surface area contributed by atoms with Gasteiger partial charge in [0.2, 0.25) is 5.95 Å². The Morgan fingerprint density at radius 3 is 2.79 bits per heavy atom. The lowest BCUT2D eigenvalue weighted by molar-refractivity contribution is 0.394. The number of aromatic nitrogens is 4. The fourth-order valence-electron chi connectivity index (χ4n) is 4.76. The van der Waals surface area contributed by atoms with Gasteiger partial charge in [-0.05, 0) is 31.7 Å². The smallest absolute Gasteiger partial charge is 0.271 e. The van der Waals surface area contributed by atoms with Crippen molar-refractivity contribution in [3.05, 3.63) is 39.4 Å². The number of thiazole rings is 1. The number of piperidine rings is 1. The molecular weight excluding hydrogens is 386 g/mol. The summed E-state index contributed by atoms with van der Waals surface area (Å²) >= 11 is 1.50. The van der Waals surface area contributed by atoms with Crippen LogP contribution in [0.15, 0.2) is 23.3 Å². The molecule has 9 heteroatoms. The van der Waals surface area contributed by atoms with Crippen molar-refractivity contribution in [3.63, 3.8) is 0 Å². The molecule has 0 radical (unpaired) electrons. The second kappa shape index (κ2) is 6.81. The Labute approximate surface area is 172 Å². The first-order chi connectivity index (χ1) is 14.1. The third kappa shape index (κ3) is 2.78. The predicted octanol–water partition coefficient (Wildman–Crippen LogP) is 2.07. The van der Waals surface area contributed by atoms with Gasteiger partial charge in [-0.2, -0.15) is 5.26 Å². The van der Waals surface area contributed by atoms with Crippen molar-refractivity contribution in [1.29, 1.82) is 5.26 Å². The molecule has 2 fully saturated rings. The van der Waals surface area contributed by atoms with Crippen LogP contribution in [0.2, 0.25) is 0 Å². The molecule has 2 aliphatic heterocycles. The van der Waals surface area contributed by atoms with Crippen molar-refractivity contribution < 1.29 is 0 Å². The Morgan fingerprint density at radius 2 is 2.03 bits per heavy atom. The van der Waals surface area contributed by atoms with Gasteiger partial charge in [-0.25, -0.2) is 15.0 Å². The van der Waals surface area contributed by atoms with Crippen LogP contribution < -0.4 is 15.4 Å². The molecule has 148 valence electrons. The predicted molar refractivity (Wildman–Crippen MR) is 112 cm³/mol. The summed E-state index contributed by atoms with van der Waals surface area (Å²) in [6.45, 7) is 4.45. The molecule has 5 heterocycles. The van der Waals surface area contributed by atoms with Crippen molar-refractivity contribution in [2.24, 2.45) is 13.0 Å². The van der Waals surface area contributed by atoms with E-state index < -0.39 is 0 Å². The molecule has 29 heavy (non-hydrogen) atoms. The topological polar surface area (TPSA) is 90.9 Å². The standard InChI is InChI=1S/C20H21N7OS/c1-12-24-16-17(14(10-21)18(28)25(2)19(16)29-12)26-8-5-15-13(11-26)4-9-27(15)20-22-6-3-7-23-20/h3,6-7,13,15H,4-5,8-9,11H2,1-2H3/t13-,15+/m1/s1. The van der Waals surface area contributed by atoms with Crippen LogP contribution in [-0.4, -0.2) is 45.2 Å². The summed E-state index contributed by atoms with van der Waals surface area (Å²) < 4.78 is 1.55. The van der Waals surface area contributed by atoms with E-state index in [1.165, 1.54) is 11.3 Å². The fraction of sp³-hybridized carbons (Fsp3) is 0.450. The number of rotatable bonds is 2. The minimum atomic E-state index is -0.244. The number of hydrogen-bond donors (Lipinski definition) is 0. The van der Waals surface area contributed by atoms with Gasteiger partial charge >= 0.3 is 0 Å². The molecule has 3 aromatic rings. The van der Waals surface area contributed by atoms with Crippen LogP contribution in [0.3, 0.4) is 0 Å². The summed E-state index contributed by atoms with van der Waals surface area (Å²) in [4.78, 5) is 31.7. The van der Waals surface area contributed by atoms with E-state index in [4.69, 9.17) is 0 Å². The maximum Gasteiger partial charge on any atom is 0.271 e. The molecular formula is C20H21N7OS. The Kier molecular flexibility index (Phi) is 4.24. The summed E-state index contributed by atoms with van der Waals surface area (Å²) in [6, 6.07) is 4.38. The lowest BCUT2D eigenvalue weighted by Crippen LogP contribution is -2.47. The van der Waals surface area contributed by atoms with Gasteiger partial charge in [-0.15, -0.1) is 11.3 Å². The Morgan fingerprint density at radius 1 is 1.24 bits per heavy atom. The third-order valence-corrected chi connectivity index (χ3v) is 7.12. The quantitative estimate of drug-likeness (QED) is 0.642. The minimum Gasteiger partial charge on any atom is -0.368 e. The van der Waals surface area contributed by atoms with Crippen LogP contribution >= 0.6 is 11.3 Å². The minimum absolute atomic E-state index is 0.199. The molecule has 0 unspecified atom stereocenters. The molecule has 0 saturated carbocycles. The highest BCUT2D eigenvalue weighted by Gasteiger charge is 2.40. The molecule has 0 bridgehead atoms. The second-order valence-electron chi connectivity index (χ2n) is 7.68. The highest BCUT2D eigenvalue weighted by Crippen LogP contribution is 2.38. The van der Waals surface area contributed by atoms with E-state index in [-0.39, 0.29) is 11.1 Å². The summed E-state index contributed by atoms with van der Waals surface area (Å²) in [7, 11) is 1.72. The van der Waals surface area contributed by atoms with Crippen LogP contribution in [0, 0.1) is 24.2 Å². The molecule has 0 N–H and O–H groups in total. The van der Waals surface area contributed by atoms with Gasteiger partial charge < -0.3 is 14.4 Å². The van der Waals surface area contributed by atoms with Gasteiger partial charge in [-0.1, -0.05) is 0 Å². The molecule has 2 saturated heterocycles. The Hall–Kier alpha value is -2.99. The summed E-state index contributed by atoms with van der Waals surface area (Å²) in [5, 5.41) is 10.7. The molecule has 8 nitrogen and oxygen atoms in total. The maximum absolute atomic E-state index is 12.8. The Bertz CT molecular complexity index is 1180. The van der Waals surface area contributed by atoms with Crippen molar-refractivity contribution >= 4 is 33.3 Å². The van der Waals surface area contributed by atoms with Crippen LogP contribution in [-0.2, 0) is 7.05 Å². The van der Waals surface area contributed by atoms with E-state index in [9.17, 15) is 10.1 Å². The first kappa shape index (κ1) is 18.1. The molecule has 0 amide bonds. The average molecular weight is 408 g/mol. The number of fused-ring (bicyclic) bond motifs is 2. The van der Waals surface area contributed by atoms with E-state index in [0.717, 1.165) is 53.8 Å². The summed E-state index contributed by atoms with van der Waals surface area (Å²) in [5.74, 6) is 1.23. The SMILES string of the molecule is Cc1nc2c(N3CC[C@H]4[C@H](CCN4c4ncccn4)C3)c(C#N)c(=O)n(C)c2s1. The van der Waals surface area contributed by atoms with Crippen molar-refractivity contribution in [3.8, 4) is 6.07 Å². The third-order valence-electron chi connectivity index (χ3n) is 6.07. The summed E-state index contributed by atoms with van der Waals surface area (Å²) in [6.07, 6.45) is 5.55. The molecule has 3 aromatic heterocycles. The van der Waals surface area contributed by atoms with Gasteiger partial charge in [0, 0.05) is 45.1 Å². The molecule has 0 aliphatic carbocycles. The number of nitriles is 1. The van der Waals surface area contributed by atoms with Gasteiger partial charge in [0.05, 0.1) is 10.7 Å². The number of nitrogens with zero attached hydrogens (tertiary/aromatic N) is 7. The van der Waals surface area contributed by atoms with Crippen molar-refractivity contribution in [2.45, 2.75) is 25.8 Å². The lowest BCUT2D eigenvalue weighted by atomic mass is 9.92. The van der Waals surface area contributed by atoms with E-state index >= 15 is 0 Å². The monoisotopic (exact) mass is 407 g/mol. The number of pyridine rings is 1. The number of aryl methyl sites for hydroxylation is 2. The second-order valence-corrected chi connectivity index (χ2v) is 8.86. The zero-order valence-corrected chi connectivity index (χ0v) is 17.2. The van der Waals surface area contributed by atoms with E-state index in [1.807, 2.05) is 13.0 Å². The van der Waals surface area contributed by atoms with E-state index in [2.05, 4.69) is 30.8 Å². The Balaban J connectivity index is 1.52. The normalized spacial score (nSPS) is 21.4. The maximum atomic E-state index is 12.8. The molecule has 5 rings (SSSR count). The van der Waals surface area contributed by atoms with Crippen LogP contribution in [0.1, 0.15) is 23.4 Å². The first-order valence-electron chi connectivity index (χ1n) is 9.77. The summed E-state index contributed by atoms with van der Waals surface area (Å²) in [5.41, 5.74) is 1.44. The van der Waals surface area contributed by atoms with Crippen LogP contribution in [0.5, 0.6) is 0 Å². The highest BCUT2D eigenvalue weighted by atomic mass is 32.1. The largest absolute Gasteiger partial charge is 0.368 e. The van der Waals surface area contributed by atoms with E-state index in [1.54, 1.807) is 24.0 Å². The molecule has 2 aliphatic rings. The van der Waals surface area contributed by atoms with Gasteiger partial charge in [0.25, 0.3) is 5.56 Å². The van der Waals surface area contributed by atoms with Gasteiger partial charge in [0.15, 0.2) is 0 Å². The highest BCUT2D eigenvalue weighted by molar-refractivity contribution is 7.18. The van der Waals surface area contributed by atoms with Crippen molar-refractivity contribution in [1.82, 2.24) is 19.5 Å². The lowest BCUT2D eigenvalue weighted by Gasteiger charge is -2.39. The zero-order valence-electron chi connectivity index (χ0n) is 16.4. The average Bonchev–Trinajstić information content (AvgIpc) is 3.34.